The minimum absolute atomic E-state index is 0.811. The van der Waals surface area contributed by atoms with Gasteiger partial charge in [0, 0.05) is 6.42 Å². The highest BCUT2D eigenvalue weighted by atomic mass is 16.5. The summed E-state index contributed by atoms with van der Waals surface area (Å²) in [5.74, 6) is 1.90. The van der Waals surface area contributed by atoms with Gasteiger partial charge in [-0.05, 0) is 29.7 Å². The van der Waals surface area contributed by atoms with Gasteiger partial charge in [-0.15, -0.1) is 10.2 Å². The van der Waals surface area contributed by atoms with Crippen molar-refractivity contribution < 1.29 is 4.74 Å². The van der Waals surface area contributed by atoms with Crippen LogP contribution in [0, 0.1) is 0 Å². The van der Waals surface area contributed by atoms with Gasteiger partial charge in [0.2, 0.25) is 0 Å². The van der Waals surface area contributed by atoms with Gasteiger partial charge in [0.05, 0.1) is 13.7 Å². The standard InChI is InChI=1S/C18H19N3O/c1-22-17-10-7-15(8-11-17)9-12-18-20-19-14-21(18)13-16-5-3-2-4-6-16/h2-8,10-11,14H,9,12-13H2,1H3. The first kappa shape index (κ1) is 14.3. The molecule has 0 radical (unpaired) electrons. The van der Waals surface area contributed by atoms with Crippen LogP contribution in [0.4, 0.5) is 0 Å². The lowest BCUT2D eigenvalue weighted by Crippen LogP contribution is -2.05. The third kappa shape index (κ3) is 3.52. The van der Waals surface area contributed by atoms with E-state index in [9.17, 15) is 0 Å². The van der Waals surface area contributed by atoms with Crippen molar-refractivity contribution in [2.45, 2.75) is 19.4 Å². The van der Waals surface area contributed by atoms with Crippen LogP contribution in [-0.4, -0.2) is 21.9 Å². The fraction of sp³-hybridized carbons (Fsp3) is 0.222. The summed E-state index contributed by atoms with van der Waals surface area (Å²) >= 11 is 0. The Balaban J connectivity index is 1.64. The number of hydrogen-bond donors (Lipinski definition) is 0. The molecule has 0 fully saturated rings. The number of benzene rings is 2. The van der Waals surface area contributed by atoms with Crippen LogP contribution in [0.25, 0.3) is 0 Å². The lowest BCUT2D eigenvalue weighted by molar-refractivity contribution is 0.414. The van der Waals surface area contributed by atoms with Gasteiger partial charge in [-0.3, -0.25) is 0 Å². The molecular weight excluding hydrogens is 274 g/mol. The third-order valence-corrected chi connectivity index (χ3v) is 3.69. The maximum Gasteiger partial charge on any atom is 0.133 e. The number of ether oxygens (including phenoxy) is 1. The average molecular weight is 293 g/mol. The van der Waals surface area contributed by atoms with E-state index < -0.39 is 0 Å². The second-order valence-corrected chi connectivity index (χ2v) is 5.21. The molecule has 3 aromatic rings. The first-order valence-corrected chi connectivity index (χ1v) is 7.38. The molecule has 0 spiro atoms. The van der Waals surface area contributed by atoms with Gasteiger partial charge >= 0.3 is 0 Å². The van der Waals surface area contributed by atoms with Crippen molar-refractivity contribution in [1.82, 2.24) is 14.8 Å². The molecule has 22 heavy (non-hydrogen) atoms. The van der Waals surface area contributed by atoms with Gasteiger partial charge in [-0.1, -0.05) is 42.5 Å². The normalized spacial score (nSPS) is 10.6. The first-order valence-electron chi connectivity index (χ1n) is 7.38. The second-order valence-electron chi connectivity index (χ2n) is 5.21. The maximum atomic E-state index is 5.18. The zero-order valence-corrected chi connectivity index (χ0v) is 12.6. The fourth-order valence-electron chi connectivity index (χ4n) is 2.43. The summed E-state index contributed by atoms with van der Waals surface area (Å²) in [7, 11) is 1.68. The maximum absolute atomic E-state index is 5.18. The van der Waals surface area contributed by atoms with E-state index in [1.54, 1.807) is 13.4 Å². The Labute approximate surface area is 130 Å². The Kier molecular flexibility index (Phi) is 4.49. The van der Waals surface area contributed by atoms with Gasteiger partial charge < -0.3 is 9.30 Å². The van der Waals surface area contributed by atoms with Gasteiger partial charge in [-0.25, -0.2) is 0 Å². The molecule has 1 heterocycles. The van der Waals surface area contributed by atoms with Gasteiger partial charge in [-0.2, -0.15) is 0 Å². The average Bonchev–Trinajstić information content (AvgIpc) is 3.01. The molecule has 2 aromatic carbocycles. The van der Waals surface area contributed by atoms with Crippen molar-refractivity contribution in [3.8, 4) is 5.75 Å². The molecule has 0 saturated carbocycles. The largest absolute Gasteiger partial charge is 0.497 e. The molecule has 0 atom stereocenters. The summed E-state index contributed by atoms with van der Waals surface area (Å²) in [6, 6.07) is 18.5. The molecular formula is C18H19N3O. The number of rotatable bonds is 6. The summed E-state index contributed by atoms with van der Waals surface area (Å²) in [6.45, 7) is 0.811. The van der Waals surface area contributed by atoms with Crippen LogP contribution in [0.5, 0.6) is 5.75 Å². The molecule has 0 aliphatic heterocycles. The van der Waals surface area contributed by atoms with Crippen LogP contribution in [-0.2, 0) is 19.4 Å². The van der Waals surface area contributed by atoms with E-state index in [2.05, 4.69) is 51.2 Å². The highest BCUT2D eigenvalue weighted by Gasteiger charge is 2.05. The fourth-order valence-corrected chi connectivity index (χ4v) is 2.43. The molecule has 0 amide bonds. The van der Waals surface area contributed by atoms with Crippen LogP contribution in [0.3, 0.4) is 0 Å². The molecule has 0 N–H and O–H groups in total. The summed E-state index contributed by atoms with van der Waals surface area (Å²) in [5.41, 5.74) is 2.53. The lowest BCUT2D eigenvalue weighted by atomic mass is 10.1. The molecule has 3 rings (SSSR count). The van der Waals surface area contributed by atoms with Crippen molar-refractivity contribution in [3.05, 3.63) is 77.9 Å². The van der Waals surface area contributed by atoms with Crippen LogP contribution < -0.4 is 4.74 Å². The van der Waals surface area contributed by atoms with Crippen LogP contribution in [0.2, 0.25) is 0 Å². The van der Waals surface area contributed by atoms with E-state index in [0.29, 0.717) is 0 Å². The monoisotopic (exact) mass is 293 g/mol. The predicted molar refractivity (Wildman–Crippen MR) is 86.0 cm³/mol. The number of nitrogens with zero attached hydrogens (tertiary/aromatic N) is 3. The zero-order valence-electron chi connectivity index (χ0n) is 12.6. The Morgan fingerprint density at radius 3 is 2.41 bits per heavy atom. The Morgan fingerprint density at radius 2 is 1.68 bits per heavy atom. The number of hydrogen-bond acceptors (Lipinski definition) is 3. The van der Waals surface area contributed by atoms with E-state index in [0.717, 1.165) is 31.0 Å². The van der Waals surface area contributed by atoms with Crippen LogP contribution in [0.15, 0.2) is 60.9 Å². The number of aryl methyl sites for hydroxylation is 2. The van der Waals surface area contributed by atoms with E-state index in [1.165, 1.54) is 11.1 Å². The molecule has 1 aromatic heterocycles. The predicted octanol–water partition coefficient (Wildman–Crippen LogP) is 3.12. The van der Waals surface area contributed by atoms with E-state index in [4.69, 9.17) is 4.74 Å². The zero-order chi connectivity index (χ0) is 15.2. The Morgan fingerprint density at radius 1 is 0.909 bits per heavy atom. The molecule has 0 bridgehead atoms. The Hall–Kier alpha value is -2.62. The summed E-state index contributed by atoms with van der Waals surface area (Å²) in [6.07, 6.45) is 3.62. The summed E-state index contributed by atoms with van der Waals surface area (Å²) < 4.78 is 7.29. The smallest absolute Gasteiger partial charge is 0.133 e. The topological polar surface area (TPSA) is 39.9 Å². The SMILES string of the molecule is COc1ccc(CCc2nncn2Cc2ccccc2)cc1. The lowest BCUT2D eigenvalue weighted by Gasteiger charge is -2.07. The summed E-state index contributed by atoms with van der Waals surface area (Å²) in [4.78, 5) is 0. The molecule has 0 aliphatic carbocycles. The van der Waals surface area contributed by atoms with Gasteiger partial charge in [0.1, 0.15) is 17.9 Å². The van der Waals surface area contributed by atoms with Crippen molar-refractivity contribution in [2.75, 3.05) is 7.11 Å². The highest BCUT2D eigenvalue weighted by Crippen LogP contribution is 2.13. The quantitative estimate of drug-likeness (QED) is 0.701. The number of methoxy groups -OCH3 is 1. The van der Waals surface area contributed by atoms with Crippen molar-refractivity contribution in [2.24, 2.45) is 0 Å². The highest BCUT2D eigenvalue weighted by molar-refractivity contribution is 5.27. The van der Waals surface area contributed by atoms with E-state index >= 15 is 0 Å². The van der Waals surface area contributed by atoms with Crippen LogP contribution in [0.1, 0.15) is 17.0 Å². The van der Waals surface area contributed by atoms with Crippen molar-refractivity contribution in [3.63, 3.8) is 0 Å². The van der Waals surface area contributed by atoms with Crippen molar-refractivity contribution in [1.29, 1.82) is 0 Å². The molecule has 4 heteroatoms. The molecule has 112 valence electrons. The Bertz CT molecular complexity index is 705. The summed E-state index contributed by atoms with van der Waals surface area (Å²) in [5, 5.41) is 8.30. The molecule has 0 aliphatic rings. The number of aromatic nitrogens is 3. The van der Waals surface area contributed by atoms with Crippen molar-refractivity contribution >= 4 is 0 Å². The van der Waals surface area contributed by atoms with E-state index in [-0.39, 0.29) is 0 Å². The van der Waals surface area contributed by atoms with Gasteiger partial charge in [0.15, 0.2) is 0 Å². The molecule has 0 unspecified atom stereocenters. The molecule has 4 nitrogen and oxygen atoms in total. The third-order valence-electron chi connectivity index (χ3n) is 3.69. The first-order chi connectivity index (χ1) is 10.8. The minimum atomic E-state index is 0.811. The van der Waals surface area contributed by atoms with Gasteiger partial charge in [0.25, 0.3) is 0 Å². The van der Waals surface area contributed by atoms with E-state index in [1.807, 2.05) is 18.2 Å². The van der Waals surface area contributed by atoms with Crippen LogP contribution >= 0.6 is 0 Å². The second kappa shape index (κ2) is 6.89. The molecule has 0 saturated heterocycles. The minimum Gasteiger partial charge on any atom is -0.497 e.